The third kappa shape index (κ3) is 6.63. The normalized spacial score (nSPS) is 15.3. The predicted molar refractivity (Wildman–Crippen MR) is 135 cm³/mol. The van der Waals surface area contributed by atoms with E-state index in [0.717, 1.165) is 87.1 Å². The molecule has 7 heteroatoms. The maximum atomic E-state index is 5.36. The minimum atomic E-state index is 0.782. The quantitative estimate of drug-likeness (QED) is 0.478. The third-order valence-corrected chi connectivity index (χ3v) is 6.09. The van der Waals surface area contributed by atoms with Crippen LogP contribution in [-0.2, 0) is 13.1 Å². The average molecular weight is 449 g/mol. The van der Waals surface area contributed by atoms with Crippen molar-refractivity contribution >= 4 is 16.7 Å². The molecule has 1 aromatic heterocycles. The fourth-order valence-electron chi connectivity index (χ4n) is 4.27. The third-order valence-electron chi connectivity index (χ3n) is 6.09. The Morgan fingerprint density at radius 1 is 0.939 bits per heavy atom. The van der Waals surface area contributed by atoms with Gasteiger partial charge in [-0.25, -0.2) is 9.97 Å². The molecule has 0 radical (unpaired) electrons. The molecule has 0 bridgehead atoms. The molecule has 7 nitrogen and oxygen atoms in total. The number of anilines is 1. The highest BCUT2D eigenvalue weighted by atomic mass is 16.5. The van der Waals surface area contributed by atoms with Gasteiger partial charge in [-0.3, -0.25) is 9.80 Å². The topological polar surface area (TPSA) is 56.8 Å². The molecular weight excluding hydrogens is 412 g/mol. The van der Waals surface area contributed by atoms with E-state index in [0.29, 0.717) is 0 Å². The van der Waals surface area contributed by atoms with E-state index in [1.165, 1.54) is 5.56 Å². The Hall–Kier alpha value is -2.74. The highest BCUT2D eigenvalue weighted by molar-refractivity contribution is 5.88. The molecule has 1 fully saturated rings. The molecule has 0 unspecified atom stereocenters. The number of fused-ring (bicyclic) bond motifs is 1. The van der Waals surface area contributed by atoms with Gasteiger partial charge in [0.1, 0.15) is 17.4 Å². The van der Waals surface area contributed by atoms with E-state index in [1.807, 2.05) is 12.1 Å². The maximum absolute atomic E-state index is 5.36. The Morgan fingerprint density at radius 3 is 2.45 bits per heavy atom. The molecule has 2 heterocycles. The smallest absolute Gasteiger partial charge is 0.145 e. The number of methoxy groups -OCH3 is 1. The Bertz CT molecular complexity index is 1030. The summed E-state index contributed by atoms with van der Waals surface area (Å²) in [6, 6.07) is 16.6. The molecule has 1 saturated heterocycles. The number of nitrogens with zero attached hydrogens (tertiary/aromatic N) is 5. The molecule has 1 aliphatic heterocycles. The molecule has 0 atom stereocenters. The van der Waals surface area contributed by atoms with Crippen molar-refractivity contribution in [1.82, 2.24) is 24.7 Å². The van der Waals surface area contributed by atoms with Crippen LogP contribution in [0.25, 0.3) is 10.9 Å². The van der Waals surface area contributed by atoms with E-state index in [2.05, 4.69) is 70.5 Å². The van der Waals surface area contributed by atoms with Crippen LogP contribution in [0.3, 0.4) is 0 Å². The molecule has 1 aliphatic rings. The Balaban J connectivity index is 1.35. The van der Waals surface area contributed by atoms with Gasteiger partial charge in [0, 0.05) is 44.7 Å². The van der Waals surface area contributed by atoms with Crippen LogP contribution in [0.5, 0.6) is 5.75 Å². The number of rotatable bonds is 10. The first kappa shape index (κ1) is 23.4. The highest BCUT2D eigenvalue weighted by Gasteiger charge is 2.19. The van der Waals surface area contributed by atoms with Crippen molar-refractivity contribution in [3.05, 3.63) is 59.9 Å². The predicted octanol–water partition coefficient (Wildman–Crippen LogP) is 3.32. The van der Waals surface area contributed by atoms with Gasteiger partial charge >= 0.3 is 0 Å². The Labute approximate surface area is 197 Å². The fraction of sp³-hybridized carbons (Fsp3) is 0.462. The van der Waals surface area contributed by atoms with Crippen LogP contribution in [0.15, 0.2) is 48.5 Å². The number of benzene rings is 2. The lowest BCUT2D eigenvalue weighted by molar-refractivity contribution is 0.120. The molecule has 176 valence electrons. The van der Waals surface area contributed by atoms with Gasteiger partial charge in [0.25, 0.3) is 0 Å². The molecule has 0 aliphatic carbocycles. The van der Waals surface area contributed by atoms with Gasteiger partial charge < -0.3 is 15.0 Å². The molecular formula is C26H36N6O. The second-order valence-corrected chi connectivity index (χ2v) is 8.99. The maximum Gasteiger partial charge on any atom is 0.145 e. The summed E-state index contributed by atoms with van der Waals surface area (Å²) >= 11 is 0. The number of aromatic nitrogens is 2. The van der Waals surface area contributed by atoms with E-state index in [-0.39, 0.29) is 0 Å². The summed E-state index contributed by atoms with van der Waals surface area (Å²) in [5.74, 6) is 2.77. The van der Waals surface area contributed by atoms with Crippen molar-refractivity contribution in [2.75, 3.05) is 65.8 Å². The molecule has 0 spiro atoms. The summed E-state index contributed by atoms with van der Waals surface area (Å²) in [6.45, 7) is 7.83. The zero-order valence-electron chi connectivity index (χ0n) is 20.1. The zero-order valence-corrected chi connectivity index (χ0v) is 20.1. The molecule has 1 N–H and O–H groups in total. The SMILES string of the molecule is COc1cccc(CN2CCN(Cc3nc(NCCCN(C)C)c4ccccc4n3)CC2)c1. The standard InChI is InChI=1S/C26H36N6O/c1-30(2)13-7-12-27-26-23-10-4-5-11-24(23)28-25(29-26)20-32-16-14-31(15-17-32)19-21-8-6-9-22(18-21)33-3/h4-6,8-11,18H,7,12-17,19-20H2,1-3H3,(H,27,28,29). The lowest BCUT2D eigenvalue weighted by atomic mass is 10.2. The minimum Gasteiger partial charge on any atom is -0.497 e. The first-order valence-electron chi connectivity index (χ1n) is 11.8. The molecule has 0 saturated carbocycles. The van der Waals surface area contributed by atoms with Crippen molar-refractivity contribution in [2.24, 2.45) is 0 Å². The summed E-state index contributed by atoms with van der Waals surface area (Å²) in [6.07, 6.45) is 1.08. The van der Waals surface area contributed by atoms with Crippen molar-refractivity contribution < 1.29 is 4.74 Å². The average Bonchev–Trinajstić information content (AvgIpc) is 2.83. The van der Waals surface area contributed by atoms with E-state index in [1.54, 1.807) is 7.11 Å². The van der Waals surface area contributed by atoms with E-state index in [9.17, 15) is 0 Å². The van der Waals surface area contributed by atoms with E-state index < -0.39 is 0 Å². The van der Waals surface area contributed by atoms with Crippen LogP contribution in [0.2, 0.25) is 0 Å². The van der Waals surface area contributed by atoms with Gasteiger partial charge in [-0.1, -0.05) is 24.3 Å². The van der Waals surface area contributed by atoms with Crippen LogP contribution in [0, 0.1) is 0 Å². The van der Waals surface area contributed by atoms with Gasteiger partial charge in [0.15, 0.2) is 0 Å². The van der Waals surface area contributed by atoms with Gasteiger partial charge in [0.2, 0.25) is 0 Å². The number of hydrogen-bond acceptors (Lipinski definition) is 7. The molecule has 0 amide bonds. The summed E-state index contributed by atoms with van der Waals surface area (Å²) in [5, 5.41) is 4.64. The fourth-order valence-corrected chi connectivity index (χ4v) is 4.27. The number of ether oxygens (including phenoxy) is 1. The first-order valence-corrected chi connectivity index (χ1v) is 11.8. The van der Waals surface area contributed by atoms with Crippen LogP contribution in [-0.4, -0.2) is 85.1 Å². The summed E-state index contributed by atoms with van der Waals surface area (Å²) in [4.78, 5) is 16.9. The van der Waals surface area contributed by atoms with Gasteiger partial charge in [0.05, 0.1) is 19.2 Å². The van der Waals surface area contributed by atoms with Crippen LogP contribution in [0.4, 0.5) is 5.82 Å². The number of hydrogen-bond donors (Lipinski definition) is 1. The number of nitrogens with one attached hydrogen (secondary N) is 1. The van der Waals surface area contributed by atoms with Gasteiger partial charge in [-0.2, -0.15) is 0 Å². The summed E-state index contributed by atoms with van der Waals surface area (Å²) in [7, 11) is 5.93. The second-order valence-electron chi connectivity index (χ2n) is 8.99. The molecule has 2 aromatic carbocycles. The Morgan fingerprint density at radius 2 is 1.70 bits per heavy atom. The molecule has 33 heavy (non-hydrogen) atoms. The van der Waals surface area contributed by atoms with Crippen LogP contribution in [0.1, 0.15) is 17.8 Å². The molecule has 4 rings (SSSR count). The monoisotopic (exact) mass is 448 g/mol. The van der Waals surface area contributed by atoms with Crippen LogP contribution >= 0.6 is 0 Å². The minimum absolute atomic E-state index is 0.782. The number of piperazine rings is 1. The lowest BCUT2D eigenvalue weighted by Crippen LogP contribution is -2.45. The van der Waals surface area contributed by atoms with Gasteiger partial charge in [-0.05, 0) is 56.9 Å². The van der Waals surface area contributed by atoms with Crippen molar-refractivity contribution in [2.45, 2.75) is 19.5 Å². The van der Waals surface area contributed by atoms with Crippen LogP contribution < -0.4 is 10.1 Å². The van der Waals surface area contributed by atoms with E-state index in [4.69, 9.17) is 14.7 Å². The van der Waals surface area contributed by atoms with Crippen molar-refractivity contribution in [3.8, 4) is 5.75 Å². The summed E-state index contributed by atoms with van der Waals surface area (Å²) in [5.41, 5.74) is 2.31. The van der Waals surface area contributed by atoms with Crippen molar-refractivity contribution in [3.63, 3.8) is 0 Å². The molecule has 3 aromatic rings. The lowest BCUT2D eigenvalue weighted by Gasteiger charge is -2.34. The first-order chi connectivity index (χ1) is 16.1. The largest absolute Gasteiger partial charge is 0.497 e. The zero-order chi connectivity index (χ0) is 23.0. The van der Waals surface area contributed by atoms with Crippen molar-refractivity contribution in [1.29, 1.82) is 0 Å². The number of para-hydroxylation sites is 1. The Kier molecular flexibility index (Phi) is 8.10. The van der Waals surface area contributed by atoms with Gasteiger partial charge in [-0.15, -0.1) is 0 Å². The summed E-state index contributed by atoms with van der Waals surface area (Å²) < 4.78 is 5.36. The van der Waals surface area contributed by atoms with E-state index >= 15 is 0 Å². The second kappa shape index (κ2) is 11.4. The highest BCUT2D eigenvalue weighted by Crippen LogP contribution is 2.21.